The zero-order valence-corrected chi connectivity index (χ0v) is 46.2. The van der Waals surface area contributed by atoms with E-state index in [0.717, 1.165) is 39.0 Å². The molecule has 16 rings (SSSR count). The molecule has 0 unspecified atom stereocenters. The first kappa shape index (κ1) is 47.8. The van der Waals surface area contributed by atoms with E-state index in [-0.39, 0.29) is 5.41 Å². The molecular formula is C78H53N3S. The van der Waals surface area contributed by atoms with Gasteiger partial charge in [-0.25, -0.2) is 0 Å². The molecule has 1 aliphatic carbocycles. The van der Waals surface area contributed by atoms with Crippen molar-refractivity contribution in [1.82, 2.24) is 4.68 Å². The lowest BCUT2D eigenvalue weighted by Gasteiger charge is -2.21. The largest absolute Gasteiger partial charge is 0.300 e. The Balaban J connectivity index is 0.752. The lowest BCUT2D eigenvalue weighted by Crippen LogP contribution is -2.15. The molecule has 0 radical (unpaired) electrons. The number of hydrogen-bond donors (Lipinski definition) is 2. The fourth-order valence-electron chi connectivity index (χ4n) is 13.3. The molecule has 0 aliphatic heterocycles. The molecular weight excluding hydrogens is 1010 g/mol. The van der Waals surface area contributed by atoms with Crippen LogP contribution in [-0.2, 0) is 5.41 Å². The van der Waals surface area contributed by atoms with Gasteiger partial charge in [-0.2, -0.15) is 0 Å². The van der Waals surface area contributed by atoms with Crippen LogP contribution in [0.15, 0.2) is 273 Å². The molecule has 2 N–H and O–H groups in total. The van der Waals surface area contributed by atoms with Crippen molar-refractivity contribution in [3.63, 3.8) is 0 Å². The van der Waals surface area contributed by atoms with Gasteiger partial charge < -0.3 is 5.41 Å². The topological polar surface area (TPSA) is 40.8 Å². The van der Waals surface area contributed by atoms with Crippen LogP contribution in [0.3, 0.4) is 0 Å². The van der Waals surface area contributed by atoms with Crippen molar-refractivity contribution in [2.24, 2.45) is 0 Å². The summed E-state index contributed by atoms with van der Waals surface area (Å²) < 4.78 is 4.77. The minimum atomic E-state index is -0.147. The van der Waals surface area contributed by atoms with Crippen molar-refractivity contribution in [2.75, 3.05) is 5.43 Å². The van der Waals surface area contributed by atoms with E-state index in [9.17, 15) is 5.41 Å². The van der Waals surface area contributed by atoms with Crippen molar-refractivity contribution in [3.05, 3.63) is 295 Å². The van der Waals surface area contributed by atoms with Crippen LogP contribution < -0.4 is 5.43 Å². The Morgan fingerprint density at radius 3 is 1.67 bits per heavy atom. The molecule has 0 atom stereocenters. The molecule has 0 amide bonds. The number of benzene rings is 13. The predicted molar refractivity (Wildman–Crippen MR) is 351 cm³/mol. The Kier molecular flexibility index (Phi) is 10.9. The number of allylic oxidation sites excluding steroid dienone is 1. The number of thiophene rings is 1. The zero-order chi connectivity index (χ0) is 54.6. The van der Waals surface area contributed by atoms with Crippen LogP contribution in [0.5, 0.6) is 0 Å². The summed E-state index contributed by atoms with van der Waals surface area (Å²) >= 11 is 1.86. The van der Waals surface area contributed by atoms with Crippen LogP contribution in [0, 0.1) is 5.41 Å². The molecule has 2 aromatic heterocycles. The first-order chi connectivity index (χ1) is 40.3. The lowest BCUT2D eigenvalue weighted by molar-refractivity contribution is 0.661. The van der Waals surface area contributed by atoms with Crippen molar-refractivity contribution in [3.8, 4) is 55.6 Å². The summed E-state index contributed by atoms with van der Waals surface area (Å²) in [6.07, 6.45) is 1.99. The Bertz CT molecular complexity index is 5140. The second-order valence-corrected chi connectivity index (χ2v) is 23.5. The standard InChI is InChI=1S/C78H53N3S/c1-78(2)70-33-14-13-30-63(70)66-46-75-68(45-71(66)78)67-43-52(48-18-5-3-6-19-48)35-38-74(67)81(75)80-73(49-20-7-4-8-21-49)47-72(79)56-25-16-23-51(41-56)54-36-39-76-69(44-54)64-32-17-31-57(77(64)82-76)55-24-15-22-50(40-55)53-34-37-62-60-28-10-9-26-58(60)59-27-11-12-29-61(59)65(62)42-53/h3-47,79-80H,1-2H3/b73-47-,79-72?. The highest BCUT2D eigenvalue weighted by molar-refractivity contribution is 7.26. The van der Waals surface area contributed by atoms with Crippen LogP contribution in [0.25, 0.3) is 136 Å². The molecule has 82 heavy (non-hydrogen) atoms. The van der Waals surface area contributed by atoms with Crippen molar-refractivity contribution in [1.29, 1.82) is 5.41 Å². The van der Waals surface area contributed by atoms with E-state index < -0.39 is 0 Å². The molecule has 0 saturated carbocycles. The van der Waals surface area contributed by atoms with E-state index >= 15 is 0 Å². The summed E-state index contributed by atoms with van der Waals surface area (Å²) in [5, 5.41) is 22.4. The predicted octanol–water partition coefficient (Wildman–Crippen LogP) is 21.2. The highest BCUT2D eigenvalue weighted by atomic mass is 32.1. The fraction of sp³-hybridized carbons (Fsp3) is 0.0385. The minimum absolute atomic E-state index is 0.147. The lowest BCUT2D eigenvalue weighted by atomic mass is 9.82. The summed E-state index contributed by atoms with van der Waals surface area (Å²) in [6.45, 7) is 4.70. The Labute approximate surface area is 479 Å². The van der Waals surface area contributed by atoms with Gasteiger partial charge in [-0.1, -0.05) is 226 Å². The number of nitrogens with zero attached hydrogens (tertiary/aromatic N) is 1. The Morgan fingerprint density at radius 1 is 0.366 bits per heavy atom. The molecule has 4 heteroatoms. The number of fused-ring (bicyclic) bond motifs is 15. The quantitative estimate of drug-likeness (QED) is 0.110. The third-order valence-electron chi connectivity index (χ3n) is 17.4. The Hall–Kier alpha value is -10.1. The van der Waals surface area contributed by atoms with Gasteiger partial charge in [0.05, 0.1) is 22.4 Å². The third-order valence-corrected chi connectivity index (χ3v) is 18.7. The molecule has 1 aliphatic rings. The zero-order valence-electron chi connectivity index (χ0n) is 45.3. The second kappa shape index (κ2) is 18.7. The molecule has 15 aromatic rings. The van der Waals surface area contributed by atoms with Gasteiger partial charge >= 0.3 is 0 Å². The molecule has 0 spiro atoms. The van der Waals surface area contributed by atoms with E-state index in [1.54, 1.807) is 0 Å². The molecule has 2 heterocycles. The number of aromatic nitrogens is 1. The van der Waals surface area contributed by atoms with Crippen molar-refractivity contribution in [2.45, 2.75) is 19.3 Å². The SMILES string of the molecule is CC1(C)c2ccccc2-c2cc3c(cc21)c1cc(-c2ccccc2)ccc1n3N/C(=C\C(=N)c1cccc(-c2ccc3sc4c(-c5cccc(-c6ccc7c8ccccc8c8ccccc8c7c6)c5)cccc4c3c2)c1)c1ccccc1. The summed E-state index contributed by atoms with van der Waals surface area (Å²) in [6, 6.07) is 97.2. The number of hydrogen-bond acceptors (Lipinski definition) is 3. The summed E-state index contributed by atoms with van der Waals surface area (Å²) in [5.41, 5.74) is 23.6. The van der Waals surface area contributed by atoms with Gasteiger partial charge in [0.25, 0.3) is 0 Å². The van der Waals surface area contributed by atoms with E-state index in [4.69, 9.17) is 0 Å². The molecule has 0 bridgehead atoms. The van der Waals surface area contributed by atoms with Gasteiger partial charge in [-0.15, -0.1) is 11.3 Å². The smallest absolute Gasteiger partial charge is 0.0716 e. The maximum absolute atomic E-state index is 9.83. The molecule has 13 aromatic carbocycles. The molecule has 3 nitrogen and oxygen atoms in total. The highest BCUT2D eigenvalue weighted by Crippen LogP contribution is 2.51. The van der Waals surface area contributed by atoms with Gasteiger partial charge in [-0.3, -0.25) is 10.1 Å². The third kappa shape index (κ3) is 7.67. The van der Waals surface area contributed by atoms with Crippen molar-refractivity contribution >= 4 is 97.0 Å². The number of nitrogens with one attached hydrogen (secondary N) is 2. The summed E-state index contributed by atoms with van der Waals surface area (Å²) in [4.78, 5) is 0. The van der Waals surface area contributed by atoms with E-state index in [2.05, 4.69) is 285 Å². The fourth-order valence-corrected chi connectivity index (χ4v) is 14.5. The van der Waals surface area contributed by atoms with Crippen LogP contribution >= 0.6 is 11.3 Å². The molecule has 0 saturated heterocycles. The van der Waals surface area contributed by atoms with E-state index in [0.29, 0.717) is 5.71 Å². The van der Waals surface area contributed by atoms with Gasteiger partial charge in [0, 0.05) is 41.9 Å². The van der Waals surface area contributed by atoms with Crippen molar-refractivity contribution < 1.29 is 0 Å². The number of rotatable bonds is 9. The average Bonchev–Trinajstić information content (AvgIpc) is 3.52. The molecule has 386 valence electrons. The average molecular weight is 1060 g/mol. The maximum atomic E-state index is 9.83. The Morgan fingerprint density at radius 2 is 0.890 bits per heavy atom. The highest BCUT2D eigenvalue weighted by Gasteiger charge is 2.36. The van der Waals surface area contributed by atoms with Crippen LogP contribution in [0.4, 0.5) is 0 Å². The van der Waals surface area contributed by atoms with E-state index in [1.165, 1.54) is 119 Å². The van der Waals surface area contributed by atoms with Crippen LogP contribution in [-0.4, -0.2) is 10.4 Å². The summed E-state index contributed by atoms with van der Waals surface area (Å²) in [7, 11) is 0. The second-order valence-electron chi connectivity index (χ2n) is 22.5. The van der Waals surface area contributed by atoms with Gasteiger partial charge in [0.2, 0.25) is 0 Å². The summed E-state index contributed by atoms with van der Waals surface area (Å²) in [5.74, 6) is 0. The molecule has 0 fully saturated rings. The van der Waals surface area contributed by atoms with Gasteiger partial charge in [-0.05, 0) is 165 Å². The van der Waals surface area contributed by atoms with Crippen LogP contribution in [0.2, 0.25) is 0 Å². The first-order valence-electron chi connectivity index (χ1n) is 28.2. The van der Waals surface area contributed by atoms with Gasteiger partial charge in [0.15, 0.2) is 0 Å². The van der Waals surface area contributed by atoms with E-state index in [1.807, 2.05) is 23.5 Å². The normalized spacial score (nSPS) is 13.0. The van der Waals surface area contributed by atoms with Crippen LogP contribution in [0.1, 0.15) is 36.1 Å². The maximum Gasteiger partial charge on any atom is 0.0716 e. The first-order valence-corrected chi connectivity index (χ1v) is 29.0. The van der Waals surface area contributed by atoms with Gasteiger partial charge in [0.1, 0.15) is 0 Å². The minimum Gasteiger partial charge on any atom is -0.300 e. The monoisotopic (exact) mass is 1060 g/mol.